The predicted molar refractivity (Wildman–Crippen MR) is 432 cm³/mol. The molecule has 0 saturated heterocycles. The van der Waals surface area contributed by atoms with Gasteiger partial charge in [0.1, 0.15) is 0 Å². The third kappa shape index (κ3) is 9.57. The topological polar surface area (TPSA) is 3.24 Å². The van der Waals surface area contributed by atoms with Crippen LogP contribution in [0.15, 0.2) is 358 Å². The van der Waals surface area contributed by atoms with E-state index >= 15 is 0 Å². The average molecular weight is 1320 g/mol. The first-order chi connectivity index (χ1) is 50.2. The lowest BCUT2D eigenvalue weighted by atomic mass is 9.77. The van der Waals surface area contributed by atoms with Gasteiger partial charge in [0.25, 0.3) is 0 Å². The second-order valence-corrected chi connectivity index (χ2v) is 28.8. The van der Waals surface area contributed by atoms with E-state index in [4.69, 9.17) is 0 Å². The van der Waals surface area contributed by atoms with Crippen LogP contribution in [0.4, 0.5) is 17.1 Å². The number of fused-ring (bicyclic) bond motifs is 12. The summed E-state index contributed by atoms with van der Waals surface area (Å²) in [6, 6.07) is 135. The van der Waals surface area contributed by atoms with Crippen LogP contribution >= 0.6 is 22.7 Å². The van der Waals surface area contributed by atoms with Crippen molar-refractivity contribution in [3.05, 3.63) is 380 Å². The molecular weight excluding hydrogens is 1260 g/mol. The minimum absolute atomic E-state index is 0.654. The molecule has 0 amide bonds. The summed E-state index contributed by atoms with van der Waals surface area (Å²) in [7, 11) is 0. The van der Waals surface area contributed by atoms with E-state index in [9.17, 15) is 0 Å². The van der Waals surface area contributed by atoms with Gasteiger partial charge in [-0.25, -0.2) is 0 Å². The molecule has 0 fully saturated rings. The molecule has 0 saturated carbocycles. The third-order valence-corrected chi connectivity index (χ3v) is 23.4. The monoisotopic (exact) mass is 1320 g/mol. The lowest BCUT2D eigenvalue weighted by Crippen LogP contribution is -2.19. The lowest BCUT2D eigenvalue weighted by Gasteiger charge is -2.37. The summed E-state index contributed by atoms with van der Waals surface area (Å²) in [4.78, 5) is 2.84. The van der Waals surface area contributed by atoms with Gasteiger partial charge in [0.05, 0.1) is 17.1 Å². The highest BCUT2D eigenvalue weighted by atomic mass is 32.1. The second-order valence-electron chi connectivity index (χ2n) is 26.7. The minimum atomic E-state index is 0.654. The molecule has 472 valence electrons. The molecule has 1 nitrogen and oxygen atoms in total. The molecule has 3 heteroatoms. The fourth-order valence-corrected chi connectivity index (χ4v) is 19.3. The summed E-state index contributed by atoms with van der Waals surface area (Å²) in [5, 5.41) is 5.13. The maximum atomic E-state index is 2.84. The summed E-state index contributed by atoms with van der Waals surface area (Å²) in [6.45, 7) is 0. The van der Waals surface area contributed by atoms with Crippen molar-refractivity contribution in [3.63, 3.8) is 0 Å². The molecule has 0 bridgehead atoms. The zero-order valence-corrected chi connectivity index (χ0v) is 56.9. The zero-order chi connectivity index (χ0) is 66.5. The number of benzene rings is 16. The minimum Gasteiger partial charge on any atom is -0.308 e. The van der Waals surface area contributed by atoms with Crippen LogP contribution in [-0.4, -0.2) is 0 Å². The maximum Gasteiger partial charge on any atom is 0.0588 e. The smallest absolute Gasteiger partial charge is 0.0588 e. The molecular formula is C98H63NS2. The highest BCUT2D eigenvalue weighted by Gasteiger charge is 2.41. The van der Waals surface area contributed by atoms with Crippen LogP contribution in [0.5, 0.6) is 0 Å². The van der Waals surface area contributed by atoms with Crippen molar-refractivity contribution in [2.75, 3.05) is 4.90 Å². The summed E-state index contributed by atoms with van der Waals surface area (Å²) >= 11 is 3.76. The van der Waals surface area contributed by atoms with Crippen LogP contribution in [0.1, 0.15) is 22.3 Å². The molecule has 0 N–H and O–H groups in total. The number of rotatable bonds is 12. The van der Waals surface area contributed by atoms with Gasteiger partial charge in [0.2, 0.25) is 0 Å². The Bertz CT molecular complexity index is 6300. The van der Waals surface area contributed by atoms with Gasteiger partial charge in [-0.3, -0.25) is 0 Å². The zero-order valence-electron chi connectivity index (χ0n) is 55.2. The third-order valence-electron chi connectivity index (χ3n) is 21.2. The predicted octanol–water partition coefficient (Wildman–Crippen LogP) is 28.0. The second kappa shape index (κ2) is 24.3. The normalized spacial score (nSPS) is 12.1. The molecule has 101 heavy (non-hydrogen) atoms. The standard InChI is InChI=1S/C98H63NS2/c1-6-31-62(32-7-1)69-43-18-21-48-74(69)95-91(65-37-12-4-13-38-65)92(66-39-14-5-15-40-66)98(83-60-68-42-28-51-75(89(68)96(83)95)71-45-19-20-46-72(71)76-52-29-57-87-93(76)78-49-23-26-55-85(78)100-87)99(84-54-25-22-47-73(84)77-53-30-58-88-94(77)79-50-24-27-56-86(79)101-88)97-82-59-67-41-16-17-44-70(67)81(82)61-80(63-33-8-2-9-34-63)90(97)64-35-10-3-11-36-64/h1-58,61H,59-60H2. The molecule has 2 aliphatic carbocycles. The number of nitrogens with zero attached hydrogens (tertiary/aromatic N) is 1. The lowest BCUT2D eigenvalue weighted by molar-refractivity contribution is 1.17. The van der Waals surface area contributed by atoms with Crippen LogP contribution in [0.3, 0.4) is 0 Å². The molecule has 2 aromatic heterocycles. The van der Waals surface area contributed by atoms with E-state index in [1.165, 1.54) is 163 Å². The maximum absolute atomic E-state index is 2.84. The Morgan fingerprint density at radius 1 is 0.208 bits per heavy atom. The van der Waals surface area contributed by atoms with Gasteiger partial charge >= 0.3 is 0 Å². The van der Waals surface area contributed by atoms with Gasteiger partial charge in [-0.15, -0.1) is 22.7 Å². The number of hydrogen-bond acceptors (Lipinski definition) is 3. The van der Waals surface area contributed by atoms with Gasteiger partial charge in [-0.2, -0.15) is 0 Å². The first kappa shape index (κ1) is 58.9. The molecule has 18 aromatic rings. The van der Waals surface area contributed by atoms with E-state index < -0.39 is 0 Å². The van der Waals surface area contributed by atoms with Gasteiger partial charge < -0.3 is 4.90 Å². The Balaban J connectivity index is 1.02. The summed E-state index contributed by atoms with van der Waals surface area (Å²) in [6.07, 6.45) is 1.39. The van der Waals surface area contributed by atoms with Crippen LogP contribution in [0.2, 0.25) is 0 Å². The van der Waals surface area contributed by atoms with E-state index in [0.29, 0.717) is 6.42 Å². The number of para-hydroxylation sites is 1. The van der Waals surface area contributed by atoms with Crippen molar-refractivity contribution >= 4 is 80.1 Å². The Labute approximate surface area is 596 Å². The first-order valence-electron chi connectivity index (χ1n) is 35.0. The summed E-state index contributed by atoms with van der Waals surface area (Å²) < 4.78 is 5.13. The largest absolute Gasteiger partial charge is 0.308 e. The fraction of sp³-hybridized carbons (Fsp3) is 0.0204. The molecule has 0 spiro atoms. The van der Waals surface area contributed by atoms with Crippen molar-refractivity contribution in [1.29, 1.82) is 0 Å². The van der Waals surface area contributed by atoms with Crippen molar-refractivity contribution in [3.8, 4) is 122 Å². The summed E-state index contributed by atoms with van der Waals surface area (Å²) in [5.41, 5.74) is 34.9. The molecule has 2 heterocycles. The fourth-order valence-electron chi connectivity index (χ4n) is 17.0. The van der Waals surface area contributed by atoms with Crippen LogP contribution < -0.4 is 4.90 Å². The molecule has 2 aliphatic rings. The quantitative estimate of drug-likeness (QED) is 0.118. The Morgan fingerprint density at radius 2 is 0.604 bits per heavy atom. The van der Waals surface area contributed by atoms with Gasteiger partial charge in [0.15, 0.2) is 0 Å². The SMILES string of the molecule is c1ccc(-c2ccccc2-c2c3c(c(N(c4ccccc4-c4cccc5sc6ccccc6c45)c4c5c(cc(-c6ccccc6)c4-c4ccccc4)-c4ccccc4C5)c(-c4ccccc4)c2-c2ccccc2)Cc2cccc(-c4ccccc4-c4cccc5sc6ccccc6c45)c2-3)cc1. The Morgan fingerprint density at radius 3 is 1.22 bits per heavy atom. The van der Waals surface area contributed by atoms with E-state index in [-0.39, 0.29) is 0 Å². The molecule has 16 aromatic carbocycles. The highest BCUT2D eigenvalue weighted by Crippen LogP contribution is 2.64. The number of thiophene rings is 2. The van der Waals surface area contributed by atoms with E-state index in [1.807, 2.05) is 22.7 Å². The van der Waals surface area contributed by atoms with Gasteiger partial charge in [0, 0.05) is 75.4 Å². The molecule has 0 radical (unpaired) electrons. The van der Waals surface area contributed by atoms with Gasteiger partial charge in [-0.1, -0.05) is 322 Å². The average Bonchev–Trinajstić information content (AvgIpc) is 1.63. The van der Waals surface area contributed by atoms with E-state index in [0.717, 1.165) is 45.6 Å². The van der Waals surface area contributed by atoms with Crippen LogP contribution in [-0.2, 0) is 12.8 Å². The van der Waals surface area contributed by atoms with E-state index in [1.54, 1.807) is 0 Å². The van der Waals surface area contributed by atoms with Gasteiger partial charge in [-0.05, 0) is 159 Å². The van der Waals surface area contributed by atoms with Crippen molar-refractivity contribution in [2.24, 2.45) is 0 Å². The van der Waals surface area contributed by atoms with Crippen LogP contribution in [0.25, 0.3) is 163 Å². The highest BCUT2D eigenvalue weighted by molar-refractivity contribution is 7.26. The van der Waals surface area contributed by atoms with Crippen LogP contribution in [0, 0.1) is 0 Å². The molecule has 20 rings (SSSR count). The molecule has 0 aliphatic heterocycles. The Kier molecular flexibility index (Phi) is 14.2. The van der Waals surface area contributed by atoms with Crippen molar-refractivity contribution in [2.45, 2.75) is 12.8 Å². The van der Waals surface area contributed by atoms with E-state index in [2.05, 4.69) is 363 Å². The molecule has 0 unspecified atom stereocenters. The summed E-state index contributed by atoms with van der Waals surface area (Å²) in [5.74, 6) is 0. The number of anilines is 3. The number of hydrogen-bond donors (Lipinski definition) is 0. The van der Waals surface area contributed by atoms with Crippen molar-refractivity contribution < 1.29 is 0 Å². The molecule has 0 atom stereocenters. The Hall–Kier alpha value is -12.2. The first-order valence-corrected chi connectivity index (χ1v) is 36.6. The van der Waals surface area contributed by atoms with Crippen molar-refractivity contribution in [1.82, 2.24) is 0 Å².